The summed E-state index contributed by atoms with van der Waals surface area (Å²) in [5, 5.41) is 5.17. The van der Waals surface area contributed by atoms with Crippen molar-refractivity contribution >= 4 is 29.1 Å². The Kier molecular flexibility index (Phi) is 3.90. The highest BCUT2D eigenvalue weighted by atomic mass is 35.5. The number of benzene rings is 1. The van der Waals surface area contributed by atoms with E-state index in [1.807, 2.05) is 12.1 Å². The van der Waals surface area contributed by atoms with Gasteiger partial charge in [0.1, 0.15) is 0 Å². The van der Waals surface area contributed by atoms with Crippen LogP contribution < -0.4 is 5.73 Å². The molecule has 0 spiro atoms. The highest BCUT2D eigenvalue weighted by Gasteiger charge is 2.22. The second-order valence-electron chi connectivity index (χ2n) is 5.35. The molecule has 0 unspecified atom stereocenters. The molecule has 1 heterocycles. The molecule has 106 valence electrons. The molecule has 0 atom stereocenters. The maximum absolute atomic E-state index is 6.08. The number of nitrogens with zero attached hydrogens (tertiary/aromatic N) is 1. The number of nitrogens with two attached hydrogens (primary N) is 1. The Labute approximate surface area is 128 Å². The first-order valence-corrected chi connectivity index (χ1v) is 7.60. The smallest absolute Gasteiger partial charge is 0.230 e. The summed E-state index contributed by atoms with van der Waals surface area (Å²) < 4.78 is 5.18. The van der Waals surface area contributed by atoms with E-state index in [2.05, 4.69) is 5.16 Å². The summed E-state index contributed by atoms with van der Waals surface area (Å²) in [5.74, 6) is 1.03. The molecule has 0 bridgehead atoms. The molecule has 1 aliphatic carbocycles. The van der Waals surface area contributed by atoms with Gasteiger partial charge in [-0.2, -0.15) is 0 Å². The highest BCUT2D eigenvalue weighted by Crippen LogP contribution is 2.37. The standard InChI is InChI=1S/C15H16Cl2N2O/c16-11-6-5-10(8-12(11)17)14-13(19-20-15(14)18)7-9-3-1-2-4-9/h5-6,8-9H,1-4,7,18H2. The van der Waals surface area contributed by atoms with E-state index in [9.17, 15) is 0 Å². The van der Waals surface area contributed by atoms with E-state index < -0.39 is 0 Å². The van der Waals surface area contributed by atoms with Crippen LogP contribution in [0.1, 0.15) is 31.4 Å². The van der Waals surface area contributed by atoms with E-state index in [0.717, 1.165) is 23.2 Å². The Balaban J connectivity index is 1.95. The normalized spacial score (nSPS) is 15.9. The molecule has 1 saturated carbocycles. The van der Waals surface area contributed by atoms with Crippen LogP contribution in [0.15, 0.2) is 22.7 Å². The summed E-state index contributed by atoms with van der Waals surface area (Å²) >= 11 is 12.0. The van der Waals surface area contributed by atoms with Gasteiger partial charge in [-0.1, -0.05) is 60.1 Å². The van der Waals surface area contributed by atoms with Crippen LogP contribution in [0, 0.1) is 5.92 Å². The lowest BCUT2D eigenvalue weighted by molar-refractivity contribution is 0.417. The van der Waals surface area contributed by atoms with Crippen molar-refractivity contribution in [3.8, 4) is 11.1 Å². The van der Waals surface area contributed by atoms with Gasteiger partial charge in [-0.15, -0.1) is 0 Å². The average Bonchev–Trinajstić information content (AvgIpc) is 3.04. The fourth-order valence-corrected chi connectivity index (χ4v) is 3.22. The first-order chi connectivity index (χ1) is 9.65. The van der Waals surface area contributed by atoms with Gasteiger partial charge < -0.3 is 10.3 Å². The molecule has 20 heavy (non-hydrogen) atoms. The van der Waals surface area contributed by atoms with Crippen molar-refractivity contribution in [1.29, 1.82) is 0 Å². The Bertz CT molecular complexity index is 618. The van der Waals surface area contributed by atoms with Crippen molar-refractivity contribution in [2.24, 2.45) is 5.92 Å². The van der Waals surface area contributed by atoms with Gasteiger partial charge >= 0.3 is 0 Å². The summed E-state index contributed by atoms with van der Waals surface area (Å²) in [6, 6.07) is 5.48. The fraction of sp³-hybridized carbons (Fsp3) is 0.400. The molecule has 3 nitrogen and oxygen atoms in total. The second kappa shape index (κ2) is 5.66. The van der Waals surface area contributed by atoms with Gasteiger partial charge in [-0.3, -0.25) is 0 Å². The van der Waals surface area contributed by atoms with Gasteiger partial charge in [-0.05, 0) is 30.0 Å². The van der Waals surface area contributed by atoms with Crippen LogP contribution in [0.2, 0.25) is 10.0 Å². The lowest BCUT2D eigenvalue weighted by Crippen LogP contribution is -2.01. The quantitative estimate of drug-likeness (QED) is 0.871. The Hall–Kier alpha value is -1.19. The van der Waals surface area contributed by atoms with Crippen LogP contribution in [-0.2, 0) is 6.42 Å². The largest absolute Gasteiger partial charge is 0.367 e. The van der Waals surface area contributed by atoms with Gasteiger partial charge in [0.05, 0.1) is 21.3 Å². The number of nitrogen functional groups attached to an aromatic ring is 1. The van der Waals surface area contributed by atoms with E-state index in [4.69, 9.17) is 33.5 Å². The first-order valence-electron chi connectivity index (χ1n) is 6.84. The van der Waals surface area contributed by atoms with Crippen molar-refractivity contribution in [1.82, 2.24) is 5.16 Å². The van der Waals surface area contributed by atoms with Gasteiger partial charge in [0.2, 0.25) is 5.88 Å². The summed E-state index contributed by atoms with van der Waals surface area (Å²) in [6.07, 6.45) is 6.04. The molecule has 1 aromatic carbocycles. The molecule has 2 N–H and O–H groups in total. The Morgan fingerprint density at radius 2 is 1.95 bits per heavy atom. The average molecular weight is 311 g/mol. The molecular weight excluding hydrogens is 295 g/mol. The van der Waals surface area contributed by atoms with E-state index in [1.54, 1.807) is 6.07 Å². The van der Waals surface area contributed by atoms with Crippen LogP contribution in [0.4, 0.5) is 5.88 Å². The minimum Gasteiger partial charge on any atom is -0.367 e. The predicted molar refractivity (Wildman–Crippen MR) is 82.0 cm³/mol. The van der Waals surface area contributed by atoms with Crippen molar-refractivity contribution in [3.05, 3.63) is 33.9 Å². The summed E-state index contributed by atoms with van der Waals surface area (Å²) in [4.78, 5) is 0. The van der Waals surface area contributed by atoms with Gasteiger partial charge in [0, 0.05) is 0 Å². The molecule has 3 rings (SSSR count). The maximum Gasteiger partial charge on any atom is 0.230 e. The highest BCUT2D eigenvalue weighted by molar-refractivity contribution is 6.42. The molecular formula is C15H16Cl2N2O. The number of hydrogen-bond acceptors (Lipinski definition) is 3. The Morgan fingerprint density at radius 3 is 2.65 bits per heavy atom. The van der Waals surface area contributed by atoms with E-state index in [0.29, 0.717) is 21.8 Å². The number of halogens is 2. The fourth-order valence-electron chi connectivity index (χ4n) is 2.93. The van der Waals surface area contributed by atoms with Crippen LogP contribution in [0.5, 0.6) is 0 Å². The molecule has 0 saturated heterocycles. The van der Waals surface area contributed by atoms with Crippen LogP contribution >= 0.6 is 23.2 Å². The van der Waals surface area contributed by atoms with Gasteiger partial charge in [0.15, 0.2) is 0 Å². The number of anilines is 1. The molecule has 2 aromatic rings. The Morgan fingerprint density at radius 1 is 1.20 bits per heavy atom. The maximum atomic E-state index is 6.08. The second-order valence-corrected chi connectivity index (χ2v) is 6.17. The number of rotatable bonds is 3. The van der Waals surface area contributed by atoms with Gasteiger partial charge in [-0.25, -0.2) is 0 Å². The molecule has 0 aliphatic heterocycles. The predicted octanol–water partition coefficient (Wildman–Crippen LogP) is 4.96. The van der Waals surface area contributed by atoms with Crippen LogP contribution in [0.25, 0.3) is 11.1 Å². The van der Waals surface area contributed by atoms with Crippen LogP contribution in [-0.4, -0.2) is 5.16 Å². The molecule has 5 heteroatoms. The SMILES string of the molecule is Nc1onc(CC2CCCC2)c1-c1ccc(Cl)c(Cl)c1. The zero-order chi connectivity index (χ0) is 14.1. The van der Waals surface area contributed by atoms with Crippen LogP contribution in [0.3, 0.4) is 0 Å². The lowest BCUT2D eigenvalue weighted by atomic mass is 9.96. The number of hydrogen-bond donors (Lipinski definition) is 1. The molecule has 0 amide bonds. The number of aromatic nitrogens is 1. The summed E-state index contributed by atoms with van der Waals surface area (Å²) in [5.41, 5.74) is 8.62. The third-order valence-electron chi connectivity index (χ3n) is 3.95. The van der Waals surface area contributed by atoms with Crippen molar-refractivity contribution in [2.45, 2.75) is 32.1 Å². The van der Waals surface area contributed by atoms with Crippen molar-refractivity contribution in [3.63, 3.8) is 0 Å². The summed E-state index contributed by atoms with van der Waals surface area (Å²) in [7, 11) is 0. The molecule has 1 fully saturated rings. The topological polar surface area (TPSA) is 52.0 Å². The first kappa shape index (κ1) is 13.8. The van der Waals surface area contributed by atoms with E-state index >= 15 is 0 Å². The molecule has 0 radical (unpaired) electrons. The monoisotopic (exact) mass is 310 g/mol. The third-order valence-corrected chi connectivity index (χ3v) is 4.69. The lowest BCUT2D eigenvalue weighted by Gasteiger charge is -2.08. The van der Waals surface area contributed by atoms with E-state index in [-0.39, 0.29) is 0 Å². The molecule has 1 aliphatic rings. The van der Waals surface area contributed by atoms with Gasteiger partial charge in [0.25, 0.3) is 0 Å². The minimum absolute atomic E-state index is 0.344. The zero-order valence-electron chi connectivity index (χ0n) is 11.0. The van der Waals surface area contributed by atoms with Crippen molar-refractivity contribution < 1.29 is 4.52 Å². The summed E-state index contributed by atoms with van der Waals surface area (Å²) in [6.45, 7) is 0. The molecule has 1 aromatic heterocycles. The third kappa shape index (κ3) is 2.65. The van der Waals surface area contributed by atoms with E-state index in [1.165, 1.54) is 25.7 Å². The zero-order valence-corrected chi connectivity index (χ0v) is 12.5. The van der Waals surface area contributed by atoms with Crippen molar-refractivity contribution in [2.75, 3.05) is 5.73 Å². The minimum atomic E-state index is 0.344.